The summed E-state index contributed by atoms with van der Waals surface area (Å²) in [4.78, 5) is 11.4. The van der Waals surface area contributed by atoms with Crippen molar-refractivity contribution in [3.63, 3.8) is 0 Å². The van der Waals surface area contributed by atoms with Crippen molar-refractivity contribution in [3.8, 4) is 6.07 Å². The average molecular weight is 218 g/mol. The summed E-state index contributed by atoms with van der Waals surface area (Å²) in [5.74, 6) is -0.374. The lowest BCUT2D eigenvalue weighted by Gasteiger charge is -2.06. The number of anilines is 1. The number of aryl methyl sites for hydroxylation is 1. The standard InChI is InChI=1S/C12H14N2O2/c1-2-16-12(15)10-6-5-9(4-3-7-13)11(14)8-10/h5-6,8H,2-4,14H2,1H3. The van der Waals surface area contributed by atoms with Crippen LogP contribution in [-0.2, 0) is 11.2 Å². The molecular formula is C12H14N2O2. The zero-order chi connectivity index (χ0) is 12.0. The van der Waals surface area contributed by atoms with Gasteiger partial charge in [0.1, 0.15) is 0 Å². The normalized spacial score (nSPS) is 9.50. The molecule has 0 aliphatic heterocycles. The molecule has 0 aliphatic carbocycles. The van der Waals surface area contributed by atoms with E-state index in [1.807, 2.05) is 0 Å². The van der Waals surface area contributed by atoms with Crippen molar-refractivity contribution in [2.45, 2.75) is 19.8 Å². The van der Waals surface area contributed by atoms with Crippen molar-refractivity contribution in [3.05, 3.63) is 29.3 Å². The monoisotopic (exact) mass is 218 g/mol. The molecule has 1 aromatic rings. The molecule has 0 atom stereocenters. The molecule has 0 bridgehead atoms. The minimum Gasteiger partial charge on any atom is -0.462 e. The molecule has 0 saturated heterocycles. The van der Waals surface area contributed by atoms with E-state index in [4.69, 9.17) is 15.7 Å². The SMILES string of the molecule is CCOC(=O)c1ccc(CCC#N)c(N)c1. The first-order chi connectivity index (χ1) is 7.69. The first-order valence-corrected chi connectivity index (χ1v) is 5.11. The molecule has 84 valence electrons. The van der Waals surface area contributed by atoms with Crippen molar-refractivity contribution in [1.29, 1.82) is 5.26 Å². The van der Waals surface area contributed by atoms with Gasteiger partial charge in [-0.15, -0.1) is 0 Å². The summed E-state index contributed by atoms with van der Waals surface area (Å²) in [5, 5.41) is 8.47. The van der Waals surface area contributed by atoms with Gasteiger partial charge in [0.25, 0.3) is 0 Å². The lowest BCUT2D eigenvalue weighted by Crippen LogP contribution is -2.06. The van der Waals surface area contributed by atoms with Crippen molar-refractivity contribution < 1.29 is 9.53 Å². The Labute approximate surface area is 94.6 Å². The molecule has 4 heteroatoms. The highest BCUT2D eigenvalue weighted by Gasteiger charge is 2.08. The molecule has 1 aromatic carbocycles. The zero-order valence-electron chi connectivity index (χ0n) is 9.19. The summed E-state index contributed by atoms with van der Waals surface area (Å²) >= 11 is 0. The van der Waals surface area contributed by atoms with E-state index >= 15 is 0 Å². The third-order valence-electron chi connectivity index (χ3n) is 2.16. The summed E-state index contributed by atoms with van der Waals surface area (Å²) in [6.07, 6.45) is 1.02. The van der Waals surface area contributed by atoms with Crippen LogP contribution in [-0.4, -0.2) is 12.6 Å². The summed E-state index contributed by atoms with van der Waals surface area (Å²) in [6.45, 7) is 2.09. The number of nitrogens with zero attached hydrogens (tertiary/aromatic N) is 1. The van der Waals surface area contributed by atoms with Crippen molar-refractivity contribution in [2.75, 3.05) is 12.3 Å². The van der Waals surface area contributed by atoms with Gasteiger partial charge in [0, 0.05) is 12.1 Å². The van der Waals surface area contributed by atoms with E-state index in [9.17, 15) is 4.79 Å². The van der Waals surface area contributed by atoms with Gasteiger partial charge >= 0.3 is 5.97 Å². The van der Waals surface area contributed by atoms with Crippen LogP contribution in [0.25, 0.3) is 0 Å². The number of carbonyl (C=O) groups excluding carboxylic acids is 1. The first kappa shape index (κ1) is 12.1. The molecule has 0 aliphatic rings. The molecule has 2 N–H and O–H groups in total. The third-order valence-corrected chi connectivity index (χ3v) is 2.16. The maximum Gasteiger partial charge on any atom is 0.338 e. The second kappa shape index (κ2) is 5.76. The highest BCUT2D eigenvalue weighted by molar-refractivity contribution is 5.90. The Morgan fingerprint density at radius 1 is 1.56 bits per heavy atom. The van der Waals surface area contributed by atoms with Crippen LogP contribution in [0.2, 0.25) is 0 Å². The van der Waals surface area contributed by atoms with E-state index in [1.54, 1.807) is 25.1 Å². The average Bonchev–Trinajstić information content (AvgIpc) is 2.27. The Balaban J connectivity index is 2.83. The van der Waals surface area contributed by atoms with Crippen LogP contribution in [0, 0.1) is 11.3 Å². The van der Waals surface area contributed by atoms with Gasteiger partial charge in [-0.2, -0.15) is 5.26 Å². The lowest BCUT2D eigenvalue weighted by molar-refractivity contribution is 0.0526. The van der Waals surface area contributed by atoms with Crippen LogP contribution in [0.5, 0.6) is 0 Å². The third kappa shape index (κ3) is 2.99. The Kier molecular flexibility index (Phi) is 4.34. The first-order valence-electron chi connectivity index (χ1n) is 5.11. The topological polar surface area (TPSA) is 76.1 Å². The van der Waals surface area contributed by atoms with E-state index < -0.39 is 0 Å². The largest absolute Gasteiger partial charge is 0.462 e. The quantitative estimate of drug-likeness (QED) is 0.618. The van der Waals surface area contributed by atoms with Crippen LogP contribution in [0.1, 0.15) is 29.3 Å². The molecule has 0 saturated carbocycles. The second-order valence-electron chi connectivity index (χ2n) is 3.29. The number of nitriles is 1. The number of carbonyl (C=O) groups is 1. The number of esters is 1. The molecule has 0 radical (unpaired) electrons. The Morgan fingerprint density at radius 2 is 2.31 bits per heavy atom. The molecule has 16 heavy (non-hydrogen) atoms. The highest BCUT2D eigenvalue weighted by atomic mass is 16.5. The molecule has 1 rings (SSSR count). The van der Waals surface area contributed by atoms with Crippen LogP contribution >= 0.6 is 0 Å². The summed E-state index contributed by atoms with van der Waals surface area (Å²) in [7, 11) is 0. The van der Waals surface area contributed by atoms with Gasteiger partial charge in [0.2, 0.25) is 0 Å². The van der Waals surface area contributed by atoms with Gasteiger partial charge in [-0.05, 0) is 31.0 Å². The van der Waals surface area contributed by atoms with Crippen molar-refractivity contribution in [2.24, 2.45) is 0 Å². The molecule has 0 aromatic heterocycles. The number of ether oxygens (including phenoxy) is 1. The van der Waals surface area contributed by atoms with E-state index in [2.05, 4.69) is 6.07 Å². The van der Waals surface area contributed by atoms with Crippen LogP contribution < -0.4 is 5.73 Å². The second-order valence-corrected chi connectivity index (χ2v) is 3.29. The fourth-order valence-corrected chi connectivity index (χ4v) is 1.35. The molecule has 0 fully saturated rings. The van der Waals surface area contributed by atoms with Crippen molar-refractivity contribution >= 4 is 11.7 Å². The van der Waals surface area contributed by atoms with Crippen molar-refractivity contribution in [1.82, 2.24) is 0 Å². The van der Waals surface area contributed by atoms with Crippen LogP contribution in [0.3, 0.4) is 0 Å². The van der Waals surface area contributed by atoms with Gasteiger partial charge in [-0.25, -0.2) is 4.79 Å². The van der Waals surface area contributed by atoms with E-state index in [0.29, 0.717) is 30.7 Å². The minimum atomic E-state index is -0.374. The molecule has 0 heterocycles. The van der Waals surface area contributed by atoms with E-state index in [0.717, 1.165) is 5.56 Å². The van der Waals surface area contributed by atoms with Gasteiger partial charge in [0.15, 0.2) is 0 Å². The predicted octanol–water partition coefficient (Wildman–Crippen LogP) is 1.90. The highest BCUT2D eigenvalue weighted by Crippen LogP contribution is 2.16. The maximum atomic E-state index is 11.4. The summed E-state index contributed by atoms with van der Waals surface area (Å²) in [6, 6.07) is 7.07. The number of benzene rings is 1. The molecule has 4 nitrogen and oxygen atoms in total. The van der Waals surface area contributed by atoms with Crippen LogP contribution in [0.15, 0.2) is 18.2 Å². The molecular weight excluding hydrogens is 204 g/mol. The smallest absolute Gasteiger partial charge is 0.338 e. The fraction of sp³-hybridized carbons (Fsp3) is 0.333. The van der Waals surface area contributed by atoms with Gasteiger partial charge < -0.3 is 10.5 Å². The Bertz CT molecular complexity index is 422. The number of hydrogen-bond acceptors (Lipinski definition) is 4. The number of rotatable bonds is 4. The number of nitrogens with two attached hydrogens (primary N) is 1. The number of hydrogen-bond donors (Lipinski definition) is 1. The fourth-order valence-electron chi connectivity index (χ4n) is 1.35. The van der Waals surface area contributed by atoms with E-state index in [-0.39, 0.29) is 5.97 Å². The Hall–Kier alpha value is -2.02. The minimum absolute atomic E-state index is 0.342. The van der Waals surface area contributed by atoms with Gasteiger partial charge in [-0.3, -0.25) is 0 Å². The Morgan fingerprint density at radius 3 is 2.88 bits per heavy atom. The predicted molar refractivity (Wildman–Crippen MR) is 60.7 cm³/mol. The van der Waals surface area contributed by atoms with Gasteiger partial charge in [0.05, 0.1) is 18.2 Å². The lowest BCUT2D eigenvalue weighted by atomic mass is 10.1. The molecule has 0 unspecified atom stereocenters. The summed E-state index contributed by atoms with van der Waals surface area (Å²) < 4.78 is 4.86. The summed E-state index contributed by atoms with van der Waals surface area (Å²) in [5.41, 5.74) is 7.64. The van der Waals surface area contributed by atoms with Gasteiger partial charge in [-0.1, -0.05) is 6.07 Å². The molecule has 0 spiro atoms. The molecule has 0 amide bonds. The van der Waals surface area contributed by atoms with Crippen LogP contribution in [0.4, 0.5) is 5.69 Å². The number of nitrogen functional groups attached to an aromatic ring is 1. The maximum absolute atomic E-state index is 11.4. The van der Waals surface area contributed by atoms with E-state index in [1.165, 1.54) is 0 Å². The zero-order valence-corrected chi connectivity index (χ0v) is 9.19.